The summed E-state index contributed by atoms with van der Waals surface area (Å²) in [7, 11) is -1.95. The lowest BCUT2D eigenvalue weighted by molar-refractivity contribution is 0.243. The lowest BCUT2D eigenvalue weighted by atomic mass is 10.1. The van der Waals surface area contributed by atoms with Gasteiger partial charge in [0, 0.05) is 43.4 Å². The Balaban J connectivity index is 1.43. The minimum atomic E-state index is -3.56. The van der Waals surface area contributed by atoms with Crippen molar-refractivity contribution in [3.63, 3.8) is 0 Å². The lowest BCUT2D eigenvalue weighted by Gasteiger charge is -2.26. The number of thiazole rings is 1. The Labute approximate surface area is 177 Å². The maximum absolute atomic E-state index is 12.4. The minimum absolute atomic E-state index is 0.275. The SMILES string of the molecule is COc1ccc(Oc2ncc(CN3CCc4nc(S(C)(=O)=O)[nH]c(=O)c4C3)s2)cc1. The van der Waals surface area contributed by atoms with Gasteiger partial charge in [-0.05, 0) is 24.3 Å². The summed E-state index contributed by atoms with van der Waals surface area (Å²) in [6, 6.07) is 7.25. The van der Waals surface area contributed by atoms with Crippen molar-refractivity contribution >= 4 is 21.2 Å². The molecule has 0 aliphatic carbocycles. The Morgan fingerprint density at radius 1 is 1.23 bits per heavy atom. The highest BCUT2D eigenvalue weighted by molar-refractivity contribution is 7.90. The van der Waals surface area contributed by atoms with E-state index >= 15 is 0 Å². The zero-order valence-corrected chi connectivity index (χ0v) is 18.0. The van der Waals surface area contributed by atoms with Crippen LogP contribution in [0.2, 0.25) is 0 Å². The molecule has 0 amide bonds. The number of sulfone groups is 1. The van der Waals surface area contributed by atoms with Crippen molar-refractivity contribution in [2.45, 2.75) is 24.7 Å². The maximum atomic E-state index is 12.4. The van der Waals surface area contributed by atoms with Crippen LogP contribution >= 0.6 is 11.3 Å². The van der Waals surface area contributed by atoms with Gasteiger partial charge in [-0.2, -0.15) is 0 Å². The summed E-state index contributed by atoms with van der Waals surface area (Å²) in [5, 5.41) is 0.257. The molecule has 0 fully saturated rings. The van der Waals surface area contributed by atoms with E-state index in [-0.39, 0.29) is 5.16 Å². The van der Waals surface area contributed by atoms with E-state index in [1.54, 1.807) is 13.3 Å². The van der Waals surface area contributed by atoms with Gasteiger partial charge in [0.05, 0.1) is 18.4 Å². The molecule has 3 aromatic rings. The fourth-order valence-electron chi connectivity index (χ4n) is 3.14. The number of nitrogens with zero attached hydrogens (tertiary/aromatic N) is 3. The molecule has 0 bridgehead atoms. The van der Waals surface area contributed by atoms with Gasteiger partial charge in [-0.3, -0.25) is 14.7 Å². The smallest absolute Gasteiger partial charge is 0.278 e. The predicted molar refractivity (Wildman–Crippen MR) is 111 cm³/mol. The first-order valence-corrected chi connectivity index (χ1v) is 11.8. The number of fused-ring (bicyclic) bond motifs is 1. The number of aromatic amines is 1. The molecule has 1 aliphatic heterocycles. The highest BCUT2D eigenvalue weighted by Crippen LogP contribution is 2.29. The number of hydrogen-bond acceptors (Lipinski definition) is 9. The molecule has 1 aromatic carbocycles. The Bertz CT molecular complexity index is 1220. The topological polar surface area (TPSA) is 114 Å². The van der Waals surface area contributed by atoms with Crippen LogP contribution in [0.3, 0.4) is 0 Å². The van der Waals surface area contributed by atoms with Gasteiger partial charge < -0.3 is 9.47 Å². The number of H-pyrrole nitrogens is 1. The zero-order valence-electron chi connectivity index (χ0n) is 16.4. The summed E-state index contributed by atoms with van der Waals surface area (Å²) in [4.78, 5) is 26.3. The lowest BCUT2D eigenvalue weighted by Crippen LogP contribution is -2.35. The summed E-state index contributed by atoms with van der Waals surface area (Å²) < 4.78 is 34.3. The molecule has 158 valence electrons. The first-order valence-electron chi connectivity index (χ1n) is 9.13. The van der Waals surface area contributed by atoms with Crippen molar-refractivity contribution in [2.75, 3.05) is 19.9 Å². The molecule has 0 saturated carbocycles. The normalized spacial score (nSPS) is 14.3. The van der Waals surface area contributed by atoms with Crippen LogP contribution in [-0.4, -0.2) is 48.2 Å². The van der Waals surface area contributed by atoms with E-state index in [1.807, 2.05) is 24.3 Å². The molecule has 3 heterocycles. The first kappa shape index (κ1) is 20.5. The van der Waals surface area contributed by atoms with E-state index in [0.29, 0.717) is 48.3 Å². The molecule has 11 heteroatoms. The summed E-state index contributed by atoms with van der Waals surface area (Å²) in [5.41, 5.74) is 0.647. The molecular weight excluding hydrogens is 428 g/mol. The average molecular weight is 449 g/mol. The number of aromatic nitrogens is 3. The maximum Gasteiger partial charge on any atom is 0.278 e. The van der Waals surface area contributed by atoms with Crippen molar-refractivity contribution in [1.82, 2.24) is 19.9 Å². The molecule has 0 spiro atoms. The van der Waals surface area contributed by atoms with Gasteiger partial charge in [-0.1, -0.05) is 11.3 Å². The zero-order chi connectivity index (χ0) is 21.3. The van der Waals surface area contributed by atoms with Crippen LogP contribution < -0.4 is 15.0 Å². The van der Waals surface area contributed by atoms with Crippen LogP contribution in [0.4, 0.5) is 0 Å². The fourth-order valence-corrected chi connectivity index (χ4v) is 4.52. The third-order valence-electron chi connectivity index (χ3n) is 4.65. The number of methoxy groups -OCH3 is 1. The predicted octanol–water partition coefficient (Wildman–Crippen LogP) is 1.99. The van der Waals surface area contributed by atoms with E-state index in [4.69, 9.17) is 9.47 Å². The van der Waals surface area contributed by atoms with Gasteiger partial charge in [0.1, 0.15) is 11.5 Å². The van der Waals surface area contributed by atoms with Crippen molar-refractivity contribution in [3.05, 3.63) is 57.0 Å². The van der Waals surface area contributed by atoms with Crippen LogP contribution in [0.15, 0.2) is 40.4 Å². The molecule has 9 nitrogen and oxygen atoms in total. The standard InChI is InChI=1S/C19H20N4O5S2/c1-27-12-3-5-13(6-4-12)28-19-20-9-14(29-19)10-23-8-7-16-15(11-23)17(24)22-18(21-16)30(2,25)26/h3-6,9H,7-8,10-11H2,1-2H3,(H,21,22,24). The molecule has 2 aromatic heterocycles. The van der Waals surface area contributed by atoms with Crippen LogP contribution in [0.25, 0.3) is 0 Å². The second-order valence-corrected chi connectivity index (χ2v) is 9.91. The summed E-state index contributed by atoms with van der Waals surface area (Å²) >= 11 is 1.44. The quantitative estimate of drug-likeness (QED) is 0.570. The Morgan fingerprint density at radius 3 is 2.67 bits per heavy atom. The van der Waals surface area contributed by atoms with Gasteiger partial charge in [0.2, 0.25) is 15.0 Å². The molecule has 0 atom stereocenters. The number of benzene rings is 1. The summed E-state index contributed by atoms with van der Waals surface area (Å²) in [5.74, 6) is 1.42. The third-order valence-corrected chi connectivity index (χ3v) is 6.41. The van der Waals surface area contributed by atoms with Crippen molar-refractivity contribution in [2.24, 2.45) is 0 Å². The van der Waals surface area contributed by atoms with Crippen molar-refractivity contribution in [1.29, 1.82) is 0 Å². The monoisotopic (exact) mass is 448 g/mol. The Hall–Kier alpha value is -2.76. The molecule has 1 aliphatic rings. The second kappa shape index (κ2) is 8.17. The van der Waals surface area contributed by atoms with E-state index < -0.39 is 15.4 Å². The molecule has 0 unspecified atom stereocenters. The summed E-state index contributed by atoms with van der Waals surface area (Å²) in [6.45, 7) is 1.67. The highest BCUT2D eigenvalue weighted by atomic mass is 32.2. The Morgan fingerprint density at radius 2 is 1.97 bits per heavy atom. The molecule has 30 heavy (non-hydrogen) atoms. The number of rotatable bonds is 6. The van der Waals surface area contributed by atoms with Gasteiger partial charge >= 0.3 is 0 Å². The van der Waals surface area contributed by atoms with Gasteiger partial charge in [0.15, 0.2) is 0 Å². The fraction of sp³-hybridized carbons (Fsp3) is 0.316. The average Bonchev–Trinajstić information content (AvgIpc) is 3.15. The number of nitrogens with one attached hydrogen (secondary N) is 1. The van der Waals surface area contributed by atoms with E-state index in [0.717, 1.165) is 16.9 Å². The molecule has 1 N–H and O–H groups in total. The number of ether oxygens (including phenoxy) is 2. The van der Waals surface area contributed by atoms with Crippen molar-refractivity contribution < 1.29 is 17.9 Å². The van der Waals surface area contributed by atoms with Crippen molar-refractivity contribution in [3.8, 4) is 16.7 Å². The van der Waals surface area contributed by atoms with E-state index in [2.05, 4.69) is 19.9 Å². The van der Waals surface area contributed by atoms with Gasteiger partial charge in [-0.25, -0.2) is 18.4 Å². The third kappa shape index (κ3) is 4.53. The molecule has 0 radical (unpaired) electrons. The Kier molecular flexibility index (Phi) is 5.58. The number of hydrogen-bond donors (Lipinski definition) is 1. The second-order valence-electron chi connectivity index (χ2n) is 6.90. The largest absolute Gasteiger partial charge is 0.497 e. The molecule has 0 saturated heterocycles. The van der Waals surface area contributed by atoms with Crippen LogP contribution in [0, 0.1) is 0 Å². The van der Waals surface area contributed by atoms with E-state index in [9.17, 15) is 13.2 Å². The highest BCUT2D eigenvalue weighted by Gasteiger charge is 2.24. The van der Waals surface area contributed by atoms with Crippen LogP contribution in [0.5, 0.6) is 16.7 Å². The van der Waals surface area contributed by atoms with Gasteiger partial charge in [0.25, 0.3) is 10.8 Å². The van der Waals surface area contributed by atoms with Crippen LogP contribution in [-0.2, 0) is 29.3 Å². The first-order chi connectivity index (χ1) is 14.3. The summed E-state index contributed by atoms with van der Waals surface area (Å²) in [6.07, 6.45) is 3.30. The minimum Gasteiger partial charge on any atom is -0.497 e. The van der Waals surface area contributed by atoms with Gasteiger partial charge in [-0.15, -0.1) is 0 Å². The molecular formula is C19H20N4O5S2. The molecule has 4 rings (SSSR count). The van der Waals surface area contributed by atoms with E-state index in [1.165, 1.54) is 11.3 Å². The van der Waals surface area contributed by atoms with Crippen LogP contribution in [0.1, 0.15) is 16.1 Å².